The molecular formula is C12H14FN7O3. The molecule has 0 atom stereocenters. The maximum Gasteiger partial charge on any atom is 0.320 e. The van der Waals surface area contributed by atoms with Crippen molar-refractivity contribution < 1.29 is 14.1 Å². The fraction of sp³-hybridized carbons (Fsp3) is 0.333. The van der Waals surface area contributed by atoms with Crippen molar-refractivity contribution in [2.75, 3.05) is 0 Å². The van der Waals surface area contributed by atoms with Crippen molar-refractivity contribution in [2.45, 2.75) is 26.9 Å². The van der Waals surface area contributed by atoms with Gasteiger partial charge in [-0.05, 0) is 13.8 Å². The largest absolute Gasteiger partial charge is 0.320 e. The molecule has 0 fully saturated rings. The molecule has 0 aromatic carbocycles. The van der Waals surface area contributed by atoms with Gasteiger partial charge in [0, 0.05) is 13.1 Å². The number of hydrogen-bond donors (Lipinski definition) is 1. The van der Waals surface area contributed by atoms with Crippen molar-refractivity contribution in [1.82, 2.24) is 25.0 Å². The fourth-order valence-electron chi connectivity index (χ4n) is 1.77. The lowest BCUT2D eigenvalue weighted by Crippen LogP contribution is -2.19. The number of hydrazone groups is 1. The highest BCUT2D eigenvalue weighted by molar-refractivity contribution is 5.96. The molecule has 0 aliphatic heterocycles. The van der Waals surface area contributed by atoms with Crippen LogP contribution in [0.5, 0.6) is 0 Å². The van der Waals surface area contributed by atoms with E-state index in [-0.39, 0.29) is 11.3 Å². The second-order valence-corrected chi connectivity index (χ2v) is 4.38. The molecule has 2 aromatic rings. The average molecular weight is 323 g/mol. The first-order valence-corrected chi connectivity index (χ1v) is 6.74. The van der Waals surface area contributed by atoms with Crippen LogP contribution in [0.25, 0.3) is 0 Å². The number of hydrogen-bond acceptors (Lipinski definition) is 6. The summed E-state index contributed by atoms with van der Waals surface area (Å²) in [6.07, 6.45) is 3.47. The monoisotopic (exact) mass is 323 g/mol. The zero-order valence-electron chi connectivity index (χ0n) is 12.4. The summed E-state index contributed by atoms with van der Waals surface area (Å²) in [7, 11) is 0. The van der Waals surface area contributed by atoms with Crippen molar-refractivity contribution in [3.8, 4) is 0 Å². The molecule has 0 radical (unpaired) electrons. The topological polar surface area (TPSA) is 120 Å². The third-order valence-corrected chi connectivity index (χ3v) is 2.95. The molecule has 2 rings (SSSR count). The van der Waals surface area contributed by atoms with Gasteiger partial charge in [0.25, 0.3) is 5.91 Å². The van der Waals surface area contributed by atoms with Gasteiger partial charge in [-0.25, -0.2) is 10.1 Å². The van der Waals surface area contributed by atoms with Crippen LogP contribution in [-0.2, 0) is 13.1 Å². The van der Waals surface area contributed by atoms with Crippen molar-refractivity contribution in [3.05, 3.63) is 39.7 Å². The first-order valence-electron chi connectivity index (χ1n) is 6.74. The molecule has 0 spiro atoms. The fourth-order valence-corrected chi connectivity index (χ4v) is 1.77. The zero-order chi connectivity index (χ0) is 17.0. The third kappa shape index (κ3) is 3.39. The summed E-state index contributed by atoms with van der Waals surface area (Å²) in [4.78, 5) is 22.1. The summed E-state index contributed by atoms with van der Waals surface area (Å²) in [6, 6.07) is 0. The Hall–Kier alpha value is -3.11. The van der Waals surface area contributed by atoms with E-state index in [9.17, 15) is 19.3 Å². The van der Waals surface area contributed by atoms with E-state index in [0.717, 1.165) is 17.1 Å². The quantitative estimate of drug-likeness (QED) is 0.481. The Kier molecular flexibility index (Phi) is 4.79. The van der Waals surface area contributed by atoms with Crippen LogP contribution in [0.15, 0.2) is 17.5 Å². The van der Waals surface area contributed by atoms with Crippen molar-refractivity contribution in [2.24, 2.45) is 5.10 Å². The smallest absolute Gasteiger partial charge is 0.265 e. The maximum absolute atomic E-state index is 13.7. The van der Waals surface area contributed by atoms with Gasteiger partial charge in [-0.2, -0.15) is 19.7 Å². The average Bonchev–Trinajstić information content (AvgIpc) is 3.11. The summed E-state index contributed by atoms with van der Waals surface area (Å²) >= 11 is 0. The highest BCUT2D eigenvalue weighted by atomic mass is 19.1. The number of nitrogens with zero attached hydrogens (tertiary/aromatic N) is 6. The third-order valence-electron chi connectivity index (χ3n) is 2.95. The molecule has 0 saturated carbocycles. The van der Waals surface area contributed by atoms with Crippen LogP contribution >= 0.6 is 0 Å². The molecule has 0 unspecified atom stereocenters. The van der Waals surface area contributed by atoms with Gasteiger partial charge in [-0.1, -0.05) is 0 Å². The van der Waals surface area contributed by atoms with Crippen LogP contribution in [0.1, 0.15) is 29.9 Å². The lowest BCUT2D eigenvalue weighted by atomic mass is 10.3. The number of carbonyl (C=O) groups excluding carboxylic acids is 1. The van der Waals surface area contributed by atoms with Gasteiger partial charge in [-0.15, -0.1) is 0 Å². The Morgan fingerprint density at radius 1 is 1.52 bits per heavy atom. The van der Waals surface area contributed by atoms with Crippen LogP contribution in [0, 0.1) is 16.1 Å². The van der Waals surface area contributed by atoms with Crippen LogP contribution < -0.4 is 5.43 Å². The summed E-state index contributed by atoms with van der Waals surface area (Å²) in [5.41, 5.74) is 1.38. The van der Waals surface area contributed by atoms with Gasteiger partial charge in [0.2, 0.25) is 11.6 Å². The summed E-state index contributed by atoms with van der Waals surface area (Å²) in [5, 5.41) is 22.1. The van der Waals surface area contributed by atoms with Crippen LogP contribution in [0.3, 0.4) is 0 Å². The first-order chi connectivity index (χ1) is 11.0. The van der Waals surface area contributed by atoms with Gasteiger partial charge >= 0.3 is 5.69 Å². The van der Waals surface area contributed by atoms with Gasteiger partial charge in [-0.3, -0.25) is 19.6 Å². The molecule has 0 aliphatic carbocycles. The number of carbonyl (C=O) groups is 1. The second-order valence-electron chi connectivity index (χ2n) is 4.38. The summed E-state index contributed by atoms with van der Waals surface area (Å²) in [6.45, 7) is 4.18. The highest BCUT2D eigenvalue weighted by Gasteiger charge is 2.25. The summed E-state index contributed by atoms with van der Waals surface area (Å²) < 4.78 is 16.1. The standard InChI is InChI=1S/C12H14FN7O3/c1-3-18-7-9(20(22)23)10(17-18)12(21)16-14-5-8-6-15-19(4-2)11(8)13/h5-7H,3-4H2,1-2H3,(H,16,21). The Labute approximate surface area is 129 Å². The van der Waals surface area contributed by atoms with Gasteiger partial charge in [0.05, 0.1) is 22.9 Å². The molecule has 2 aromatic heterocycles. The molecular weight excluding hydrogens is 309 g/mol. The van der Waals surface area contributed by atoms with E-state index in [1.54, 1.807) is 13.8 Å². The Morgan fingerprint density at radius 3 is 2.83 bits per heavy atom. The predicted molar refractivity (Wildman–Crippen MR) is 77.5 cm³/mol. The second kappa shape index (κ2) is 6.77. The lowest BCUT2D eigenvalue weighted by Gasteiger charge is -1.96. The Morgan fingerprint density at radius 2 is 2.26 bits per heavy atom. The summed E-state index contributed by atoms with van der Waals surface area (Å²) in [5.74, 6) is -1.45. The highest BCUT2D eigenvalue weighted by Crippen LogP contribution is 2.16. The number of nitro groups is 1. The number of nitrogens with one attached hydrogen (secondary N) is 1. The minimum atomic E-state index is -0.858. The Bertz CT molecular complexity index is 765. The van der Waals surface area contributed by atoms with E-state index in [0.29, 0.717) is 13.1 Å². The number of amides is 1. The van der Waals surface area contributed by atoms with Crippen LogP contribution in [0.4, 0.5) is 10.1 Å². The molecule has 23 heavy (non-hydrogen) atoms. The lowest BCUT2D eigenvalue weighted by molar-refractivity contribution is -0.385. The number of aromatic nitrogens is 4. The van der Waals surface area contributed by atoms with E-state index < -0.39 is 22.5 Å². The van der Waals surface area contributed by atoms with E-state index in [1.807, 2.05) is 0 Å². The molecule has 0 saturated heterocycles. The Balaban J connectivity index is 2.13. The van der Waals surface area contributed by atoms with Crippen LogP contribution in [0.2, 0.25) is 0 Å². The normalized spacial score (nSPS) is 11.1. The van der Waals surface area contributed by atoms with E-state index in [1.165, 1.54) is 10.9 Å². The van der Waals surface area contributed by atoms with Gasteiger partial charge < -0.3 is 0 Å². The van der Waals surface area contributed by atoms with Crippen molar-refractivity contribution in [1.29, 1.82) is 0 Å². The molecule has 1 N–H and O–H groups in total. The number of rotatable bonds is 6. The zero-order valence-corrected chi connectivity index (χ0v) is 12.4. The minimum absolute atomic E-state index is 0.0840. The molecule has 0 bridgehead atoms. The molecule has 122 valence electrons. The molecule has 1 amide bonds. The number of aryl methyl sites for hydroxylation is 2. The molecule has 0 aliphatic rings. The van der Waals surface area contributed by atoms with E-state index >= 15 is 0 Å². The van der Waals surface area contributed by atoms with Gasteiger partial charge in [0.15, 0.2) is 0 Å². The molecule has 10 nitrogen and oxygen atoms in total. The first kappa shape index (κ1) is 16.3. The SMILES string of the molecule is CCn1cc([N+](=O)[O-])c(C(=O)NN=Cc2cnn(CC)c2F)n1. The van der Waals surface area contributed by atoms with E-state index in [4.69, 9.17) is 0 Å². The van der Waals surface area contributed by atoms with Crippen LogP contribution in [-0.4, -0.2) is 36.6 Å². The van der Waals surface area contributed by atoms with Crippen molar-refractivity contribution >= 4 is 17.8 Å². The van der Waals surface area contributed by atoms with E-state index in [2.05, 4.69) is 20.7 Å². The van der Waals surface area contributed by atoms with Crippen molar-refractivity contribution in [3.63, 3.8) is 0 Å². The number of halogens is 1. The van der Waals surface area contributed by atoms with Gasteiger partial charge in [0.1, 0.15) is 6.20 Å². The maximum atomic E-state index is 13.7. The predicted octanol–water partition coefficient (Wildman–Crippen LogP) is 0.931. The molecule has 11 heteroatoms. The molecule has 2 heterocycles. The minimum Gasteiger partial charge on any atom is -0.265 e.